The normalized spacial score (nSPS) is 10.9. The molecule has 7 heteroatoms. The molecule has 0 aliphatic rings. The molecule has 2 aromatic carbocycles. The van der Waals surface area contributed by atoms with Crippen molar-refractivity contribution in [2.75, 3.05) is 0 Å². The van der Waals surface area contributed by atoms with E-state index in [9.17, 15) is 15.3 Å². The lowest BCUT2D eigenvalue weighted by atomic mass is 10.1. The van der Waals surface area contributed by atoms with Gasteiger partial charge < -0.3 is 5.21 Å². The standard InChI is InChI=1S/C18H12BrN3O3/c19-17-7-2-1-4-13(17)8-9-15-10-11-20-18(21(15)23)14-5-3-6-16(12-14)22(24)25/h1-12H/b9-8+. The van der Waals surface area contributed by atoms with Gasteiger partial charge in [-0.15, -0.1) is 0 Å². The van der Waals surface area contributed by atoms with Crippen LogP contribution in [0.4, 0.5) is 5.69 Å². The summed E-state index contributed by atoms with van der Waals surface area (Å²) in [5.74, 6) is 0.109. The van der Waals surface area contributed by atoms with Gasteiger partial charge in [-0.05, 0) is 34.8 Å². The first-order valence-electron chi connectivity index (χ1n) is 7.32. The first-order chi connectivity index (χ1) is 12.1. The number of nitro groups is 1. The summed E-state index contributed by atoms with van der Waals surface area (Å²) in [6.45, 7) is 0. The van der Waals surface area contributed by atoms with E-state index in [2.05, 4.69) is 20.9 Å². The summed E-state index contributed by atoms with van der Waals surface area (Å²) >= 11 is 3.45. The molecule has 124 valence electrons. The molecule has 0 saturated carbocycles. The summed E-state index contributed by atoms with van der Waals surface area (Å²) in [7, 11) is 0. The van der Waals surface area contributed by atoms with Gasteiger partial charge in [-0.2, -0.15) is 0 Å². The molecule has 25 heavy (non-hydrogen) atoms. The van der Waals surface area contributed by atoms with Crippen molar-refractivity contribution in [2.24, 2.45) is 0 Å². The third-order valence-electron chi connectivity index (χ3n) is 3.52. The first-order valence-corrected chi connectivity index (χ1v) is 8.11. The van der Waals surface area contributed by atoms with E-state index in [-0.39, 0.29) is 11.5 Å². The van der Waals surface area contributed by atoms with Crippen LogP contribution in [0, 0.1) is 15.3 Å². The minimum Gasteiger partial charge on any atom is -0.710 e. The molecule has 6 nitrogen and oxygen atoms in total. The molecule has 0 aliphatic heterocycles. The van der Waals surface area contributed by atoms with E-state index in [1.165, 1.54) is 24.4 Å². The van der Waals surface area contributed by atoms with Gasteiger partial charge in [0.05, 0.1) is 10.5 Å². The van der Waals surface area contributed by atoms with Crippen LogP contribution >= 0.6 is 15.9 Å². The third-order valence-corrected chi connectivity index (χ3v) is 4.25. The third kappa shape index (κ3) is 3.72. The molecule has 3 aromatic rings. The van der Waals surface area contributed by atoms with Crippen LogP contribution in [0.25, 0.3) is 23.5 Å². The summed E-state index contributed by atoms with van der Waals surface area (Å²) in [4.78, 5) is 14.5. The Balaban J connectivity index is 1.99. The number of aromatic nitrogens is 2. The first kappa shape index (κ1) is 16.8. The molecule has 0 N–H and O–H groups in total. The zero-order valence-electron chi connectivity index (χ0n) is 12.9. The van der Waals surface area contributed by atoms with Gasteiger partial charge in [-0.3, -0.25) is 10.1 Å². The number of hydrogen-bond acceptors (Lipinski definition) is 4. The summed E-state index contributed by atoms with van der Waals surface area (Å²) < 4.78 is 1.57. The van der Waals surface area contributed by atoms with Crippen LogP contribution in [0.15, 0.2) is 65.3 Å². The monoisotopic (exact) mass is 397 g/mol. The molecule has 1 heterocycles. The predicted molar refractivity (Wildman–Crippen MR) is 98.4 cm³/mol. The van der Waals surface area contributed by atoms with E-state index in [1.54, 1.807) is 18.2 Å². The second kappa shape index (κ2) is 7.23. The highest BCUT2D eigenvalue weighted by Crippen LogP contribution is 2.21. The lowest BCUT2D eigenvalue weighted by molar-refractivity contribution is -0.598. The zero-order chi connectivity index (χ0) is 17.8. The van der Waals surface area contributed by atoms with E-state index >= 15 is 0 Å². The van der Waals surface area contributed by atoms with E-state index < -0.39 is 4.92 Å². The number of nitro benzene ring substituents is 1. The minimum absolute atomic E-state index is 0.0894. The summed E-state index contributed by atoms with van der Waals surface area (Å²) in [5, 5.41) is 23.5. The van der Waals surface area contributed by atoms with Crippen molar-refractivity contribution >= 4 is 33.8 Å². The van der Waals surface area contributed by atoms with Crippen LogP contribution in [0.2, 0.25) is 0 Å². The number of non-ortho nitro benzene ring substituents is 1. The van der Waals surface area contributed by atoms with Crippen molar-refractivity contribution in [3.63, 3.8) is 0 Å². The molecule has 0 unspecified atom stereocenters. The second-order valence-electron chi connectivity index (χ2n) is 5.15. The van der Waals surface area contributed by atoms with Gasteiger partial charge in [0.1, 0.15) is 11.9 Å². The number of halogens is 1. The maximum Gasteiger partial charge on any atom is 0.333 e. The Morgan fingerprint density at radius 2 is 1.88 bits per heavy atom. The molecule has 1 aromatic heterocycles. The molecule has 0 aliphatic carbocycles. The average Bonchev–Trinajstić information content (AvgIpc) is 2.62. The zero-order valence-corrected chi connectivity index (χ0v) is 14.5. The van der Waals surface area contributed by atoms with E-state index in [4.69, 9.17) is 0 Å². The Labute approximate surface area is 152 Å². The molecule has 0 spiro atoms. The molecule has 0 radical (unpaired) electrons. The van der Waals surface area contributed by atoms with Crippen molar-refractivity contribution in [1.29, 1.82) is 0 Å². The van der Waals surface area contributed by atoms with Crippen molar-refractivity contribution in [3.05, 3.63) is 91.8 Å². The van der Waals surface area contributed by atoms with Crippen LogP contribution in [0.1, 0.15) is 11.3 Å². The SMILES string of the molecule is O=[N+]([O-])c1cccc(-c2nccc(/C=C/c3ccccc3Br)[n+]2[O-])c1. The lowest BCUT2D eigenvalue weighted by Crippen LogP contribution is -2.33. The molecule has 0 atom stereocenters. The second-order valence-corrected chi connectivity index (χ2v) is 6.00. The van der Waals surface area contributed by atoms with Crippen molar-refractivity contribution in [1.82, 2.24) is 4.98 Å². The largest absolute Gasteiger partial charge is 0.710 e. The average molecular weight is 398 g/mol. The highest BCUT2D eigenvalue weighted by molar-refractivity contribution is 9.10. The fourth-order valence-corrected chi connectivity index (χ4v) is 2.70. The molecule has 0 amide bonds. The Bertz CT molecular complexity index is 973. The summed E-state index contributed by atoms with van der Waals surface area (Å²) in [5.41, 5.74) is 1.61. The summed E-state index contributed by atoms with van der Waals surface area (Å²) in [6.07, 6.45) is 4.99. The molecular formula is C18H12BrN3O3. The Morgan fingerprint density at radius 1 is 1.08 bits per heavy atom. The highest BCUT2D eigenvalue weighted by Gasteiger charge is 2.16. The van der Waals surface area contributed by atoms with E-state index in [0.29, 0.717) is 16.0 Å². The van der Waals surface area contributed by atoms with Gasteiger partial charge >= 0.3 is 5.82 Å². The lowest BCUT2D eigenvalue weighted by Gasteiger charge is -2.09. The van der Waals surface area contributed by atoms with Crippen LogP contribution in [0.5, 0.6) is 0 Å². The molecular weight excluding hydrogens is 386 g/mol. The van der Waals surface area contributed by atoms with E-state index in [0.717, 1.165) is 10.0 Å². The number of benzene rings is 2. The van der Waals surface area contributed by atoms with Gasteiger partial charge in [-0.25, -0.2) is 4.73 Å². The Hall–Kier alpha value is -3.06. The molecule has 3 rings (SSSR count). The number of nitrogens with zero attached hydrogens (tertiary/aromatic N) is 3. The smallest absolute Gasteiger partial charge is 0.333 e. The quantitative estimate of drug-likeness (QED) is 0.285. The predicted octanol–water partition coefficient (Wildman–Crippen LogP) is 4.22. The number of rotatable bonds is 4. The van der Waals surface area contributed by atoms with Crippen molar-refractivity contribution in [2.45, 2.75) is 0 Å². The van der Waals surface area contributed by atoms with Crippen LogP contribution in [-0.2, 0) is 0 Å². The Kier molecular flexibility index (Phi) is 4.85. The van der Waals surface area contributed by atoms with Crippen LogP contribution in [-0.4, -0.2) is 9.91 Å². The fourth-order valence-electron chi connectivity index (χ4n) is 2.29. The molecule has 0 saturated heterocycles. The van der Waals surface area contributed by atoms with Gasteiger partial charge in [-0.1, -0.05) is 40.2 Å². The Morgan fingerprint density at radius 3 is 2.64 bits per heavy atom. The van der Waals surface area contributed by atoms with Crippen molar-refractivity contribution < 1.29 is 9.65 Å². The topological polar surface area (TPSA) is 83.0 Å². The van der Waals surface area contributed by atoms with E-state index in [1.807, 2.05) is 30.3 Å². The maximum atomic E-state index is 12.6. The molecule has 0 bridgehead atoms. The summed E-state index contributed by atoms with van der Waals surface area (Å²) in [6, 6.07) is 15.1. The van der Waals surface area contributed by atoms with Gasteiger partial charge in [0, 0.05) is 22.7 Å². The van der Waals surface area contributed by atoms with Gasteiger partial charge in [0.2, 0.25) is 0 Å². The van der Waals surface area contributed by atoms with Crippen LogP contribution < -0.4 is 4.73 Å². The van der Waals surface area contributed by atoms with Crippen LogP contribution in [0.3, 0.4) is 0 Å². The minimum atomic E-state index is -0.505. The number of hydrogen-bond donors (Lipinski definition) is 0. The fraction of sp³-hybridized carbons (Fsp3) is 0. The highest BCUT2D eigenvalue weighted by atomic mass is 79.9. The van der Waals surface area contributed by atoms with Gasteiger partial charge in [0.15, 0.2) is 0 Å². The van der Waals surface area contributed by atoms with Gasteiger partial charge in [0.25, 0.3) is 5.69 Å². The maximum absolute atomic E-state index is 12.6. The molecule has 0 fully saturated rings. The van der Waals surface area contributed by atoms with Crippen molar-refractivity contribution in [3.8, 4) is 11.4 Å².